The van der Waals surface area contributed by atoms with Crippen LogP contribution in [0.15, 0.2) is 12.0 Å². The van der Waals surface area contributed by atoms with Gasteiger partial charge in [0.15, 0.2) is 0 Å². The number of aliphatic carboxylic acids is 1. The molecule has 1 amide bonds. The van der Waals surface area contributed by atoms with E-state index in [9.17, 15) is 9.59 Å². The number of carboxylic acids is 1. The van der Waals surface area contributed by atoms with E-state index in [-0.39, 0.29) is 12.3 Å². The quantitative estimate of drug-likeness (QED) is 0.673. The van der Waals surface area contributed by atoms with Crippen molar-refractivity contribution >= 4 is 11.9 Å². The fourth-order valence-corrected chi connectivity index (χ4v) is 0.908. The molecular formula is C9H13NO5. The van der Waals surface area contributed by atoms with Crippen LogP contribution < -0.4 is 5.32 Å². The third-order valence-corrected chi connectivity index (χ3v) is 1.86. The van der Waals surface area contributed by atoms with Crippen LogP contribution in [0.3, 0.4) is 0 Å². The van der Waals surface area contributed by atoms with Crippen LogP contribution in [0.2, 0.25) is 0 Å². The second kappa shape index (κ2) is 5.23. The maximum Gasteiger partial charge on any atom is 0.308 e. The van der Waals surface area contributed by atoms with Crippen LogP contribution in [0, 0.1) is 5.92 Å². The Morgan fingerprint density at radius 2 is 2.33 bits per heavy atom. The van der Waals surface area contributed by atoms with Crippen LogP contribution in [0.4, 0.5) is 0 Å². The summed E-state index contributed by atoms with van der Waals surface area (Å²) >= 11 is 0. The Kier molecular flexibility index (Phi) is 3.96. The standard InChI is InChI=1S/C9H13NO5/c1-6(9(12)13)4-10-8(11)7-5-14-2-3-15-7/h5-6H,2-4H2,1H3,(H,10,11)(H,12,13). The van der Waals surface area contributed by atoms with Crippen molar-refractivity contribution in [1.29, 1.82) is 0 Å². The molecule has 15 heavy (non-hydrogen) atoms. The van der Waals surface area contributed by atoms with Crippen LogP contribution in [-0.4, -0.2) is 36.7 Å². The summed E-state index contributed by atoms with van der Waals surface area (Å²) in [6.07, 6.45) is 1.23. The van der Waals surface area contributed by atoms with Crippen LogP contribution in [0.5, 0.6) is 0 Å². The first-order valence-electron chi connectivity index (χ1n) is 4.57. The second-order valence-corrected chi connectivity index (χ2v) is 3.15. The summed E-state index contributed by atoms with van der Waals surface area (Å²) in [7, 11) is 0. The molecule has 1 rings (SSSR count). The van der Waals surface area contributed by atoms with Crippen molar-refractivity contribution in [1.82, 2.24) is 5.32 Å². The molecule has 2 N–H and O–H groups in total. The summed E-state index contributed by atoms with van der Waals surface area (Å²) in [6.45, 7) is 2.32. The minimum Gasteiger partial charge on any atom is -0.494 e. The molecule has 0 saturated heterocycles. The number of nitrogens with one attached hydrogen (secondary N) is 1. The summed E-state index contributed by atoms with van der Waals surface area (Å²) in [5.41, 5.74) is 0. The molecule has 0 aliphatic carbocycles. The molecule has 6 heteroatoms. The second-order valence-electron chi connectivity index (χ2n) is 3.15. The Morgan fingerprint density at radius 3 is 2.87 bits per heavy atom. The van der Waals surface area contributed by atoms with Gasteiger partial charge >= 0.3 is 5.97 Å². The molecule has 1 atom stereocenters. The number of carbonyl (C=O) groups excluding carboxylic acids is 1. The van der Waals surface area contributed by atoms with Gasteiger partial charge in [0.05, 0.1) is 5.92 Å². The lowest BCUT2D eigenvalue weighted by atomic mass is 10.2. The van der Waals surface area contributed by atoms with Crippen molar-refractivity contribution in [3.05, 3.63) is 12.0 Å². The smallest absolute Gasteiger partial charge is 0.308 e. The summed E-state index contributed by atoms with van der Waals surface area (Å²) in [4.78, 5) is 21.8. The van der Waals surface area contributed by atoms with Crippen LogP contribution >= 0.6 is 0 Å². The van der Waals surface area contributed by atoms with Gasteiger partial charge in [-0.3, -0.25) is 9.59 Å². The molecule has 0 fully saturated rings. The third kappa shape index (κ3) is 3.49. The monoisotopic (exact) mass is 215 g/mol. The number of ether oxygens (including phenoxy) is 2. The molecule has 0 saturated carbocycles. The minimum absolute atomic E-state index is 0.0644. The normalized spacial score (nSPS) is 16.7. The van der Waals surface area contributed by atoms with E-state index < -0.39 is 17.8 Å². The lowest BCUT2D eigenvalue weighted by molar-refractivity contribution is -0.141. The van der Waals surface area contributed by atoms with Gasteiger partial charge in [-0.05, 0) is 0 Å². The van der Waals surface area contributed by atoms with E-state index in [4.69, 9.17) is 14.6 Å². The van der Waals surface area contributed by atoms with Gasteiger partial charge in [0.2, 0.25) is 5.76 Å². The van der Waals surface area contributed by atoms with Crippen LogP contribution in [0.1, 0.15) is 6.92 Å². The average molecular weight is 215 g/mol. The summed E-state index contributed by atoms with van der Waals surface area (Å²) in [5, 5.41) is 11.0. The molecule has 84 valence electrons. The zero-order valence-corrected chi connectivity index (χ0v) is 8.36. The summed E-state index contributed by atoms with van der Waals surface area (Å²) in [6, 6.07) is 0. The predicted octanol–water partition coefficient (Wildman–Crippen LogP) is -0.289. The molecule has 0 bridgehead atoms. The number of amides is 1. The van der Waals surface area contributed by atoms with Crippen molar-refractivity contribution in [3.63, 3.8) is 0 Å². The van der Waals surface area contributed by atoms with E-state index in [0.29, 0.717) is 13.2 Å². The maximum atomic E-state index is 11.3. The number of hydrogen-bond donors (Lipinski definition) is 2. The first-order valence-corrected chi connectivity index (χ1v) is 4.57. The van der Waals surface area contributed by atoms with Crippen LogP contribution in [-0.2, 0) is 19.1 Å². The fourth-order valence-electron chi connectivity index (χ4n) is 0.908. The third-order valence-electron chi connectivity index (χ3n) is 1.86. The zero-order valence-electron chi connectivity index (χ0n) is 8.36. The van der Waals surface area contributed by atoms with Crippen molar-refractivity contribution in [2.24, 2.45) is 5.92 Å². The Bertz CT molecular complexity index is 286. The molecule has 0 radical (unpaired) electrons. The zero-order chi connectivity index (χ0) is 11.3. The van der Waals surface area contributed by atoms with Gasteiger partial charge < -0.3 is 19.9 Å². The predicted molar refractivity (Wildman–Crippen MR) is 49.8 cm³/mol. The van der Waals surface area contributed by atoms with Gasteiger partial charge in [-0.1, -0.05) is 6.92 Å². The lowest BCUT2D eigenvalue weighted by Crippen LogP contribution is -2.34. The highest BCUT2D eigenvalue weighted by Crippen LogP contribution is 2.04. The molecule has 6 nitrogen and oxygen atoms in total. The Labute approximate surface area is 86.9 Å². The van der Waals surface area contributed by atoms with E-state index in [1.165, 1.54) is 13.2 Å². The number of rotatable bonds is 4. The van der Waals surface area contributed by atoms with Gasteiger partial charge in [0, 0.05) is 6.54 Å². The van der Waals surface area contributed by atoms with E-state index >= 15 is 0 Å². The Hall–Kier alpha value is -1.72. The molecule has 0 aromatic heterocycles. The molecule has 0 spiro atoms. The number of carbonyl (C=O) groups is 2. The van der Waals surface area contributed by atoms with Crippen molar-refractivity contribution in [3.8, 4) is 0 Å². The highest BCUT2D eigenvalue weighted by molar-refractivity contribution is 5.91. The summed E-state index contributed by atoms with van der Waals surface area (Å²) < 4.78 is 9.90. The first kappa shape index (κ1) is 11.4. The molecule has 1 heterocycles. The largest absolute Gasteiger partial charge is 0.494 e. The van der Waals surface area contributed by atoms with Gasteiger partial charge in [-0.15, -0.1) is 0 Å². The highest BCUT2D eigenvalue weighted by Gasteiger charge is 2.17. The fraction of sp³-hybridized carbons (Fsp3) is 0.556. The maximum absolute atomic E-state index is 11.3. The molecule has 0 aromatic carbocycles. The highest BCUT2D eigenvalue weighted by atomic mass is 16.6. The van der Waals surface area contributed by atoms with E-state index in [1.807, 2.05) is 0 Å². The summed E-state index contributed by atoms with van der Waals surface area (Å²) in [5.74, 6) is -1.95. The van der Waals surface area contributed by atoms with Crippen molar-refractivity contribution in [2.75, 3.05) is 19.8 Å². The van der Waals surface area contributed by atoms with Crippen molar-refractivity contribution < 1.29 is 24.2 Å². The molecule has 1 unspecified atom stereocenters. The van der Waals surface area contributed by atoms with Crippen molar-refractivity contribution in [2.45, 2.75) is 6.92 Å². The van der Waals surface area contributed by atoms with Gasteiger partial charge in [0.1, 0.15) is 19.5 Å². The average Bonchev–Trinajstić information content (AvgIpc) is 2.26. The topological polar surface area (TPSA) is 84.9 Å². The molecular weight excluding hydrogens is 202 g/mol. The van der Waals surface area contributed by atoms with E-state index in [0.717, 1.165) is 0 Å². The van der Waals surface area contributed by atoms with E-state index in [1.54, 1.807) is 0 Å². The molecule has 1 aliphatic rings. The molecule has 1 aliphatic heterocycles. The van der Waals surface area contributed by atoms with Gasteiger partial charge in [0.25, 0.3) is 5.91 Å². The number of hydrogen-bond acceptors (Lipinski definition) is 4. The Balaban J connectivity index is 2.35. The Morgan fingerprint density at radius 1 is 1.60 bits per heavy atom. The van der Waals surface area contributed by atoms with Gasteiger partial charge in [-0.25, -0.2) is 0 Å². The molecule has 0 aromatic rings. The van der Waals surface area contributed by atoms with E-state index in [2.05, 4.69) is 5.32 Å². The minimum atomic E-state index is -0.954. The lowest BCUT2D eigenvalue weighted by Gasteiger charge is -2.15. The number of carboxylic acid groups (broad SMARTS) is 1. The van der Waals surface area contributed by atoms with Gasteiger partial charge in [-0.2, -0.15) is 0 Å². The SMILES string of the molecule is CC(CNC(=O)C1=COCCO1)C(=O)O. The van der Waals surface area contributed by atoms with Crippen LogP contribution in [0.25, 0.3) is 0 Å². The first-order chi connectivity index (χ1) is 7.11.